The SMILES string of the molecule is Cc1ccc(C(=O)N(C)CCCCCN)cc1F. The van der Waals surface area contributed by atoms with Crippen LogP contribution in [0, 0.1) is 12.7 Å². The van der Waals surface area contributed by atoms with Gasteiger partial charge >= 0.3 is 0 Å². The van der Waals surface area contributed by atoms with E-state index < -0.39 is 0 Å². The molecule has 1 amide bonds. The Hall–Kier alpha value is -1.42. The molecule has 0 bridgehead atoms. The summed E-state index contributed by atoms with van der Waals surface area (Å²) < 4.78 is 13.4. The van der Waals surface area contributed by atoms with Gasteiger partial charge in [-0.15, -0.1) is 0 Å². The standard InChI is InChI=1S/C14H21FN2O/c1-11-6-7-12(10-13(11)15)14(18)17(2)9-5-3-4-8-16/h6-7,10H,3-5,8-9,16H2,1-2H3. The number of amides is 1. The van der Waals surface area contributed by atoms with Crippen LogP contribution in [-0.4, -0.2) is 30.9 Å². The summed E-state index contributed by atoms with van der Waals surface area (Å²) in [6.45, 7) is 3.04. The molecule has 0 atom stereocenters. The van der Waals surface area contributed by atoms with Crippen molar-refractivity contribution in [1.82, 2.24) is 4.90 Å². The average Bonchev–Trinajstić information content (AvgIpc) is 2.37. The Bertz CT molecular complexity index is 407. The number of carbonyl (C=O) groups excluding carboxylic acids is 1. The number of hydrogen-bond donors (Lipinski definition) is 1. The molecule has 0 unspecified atom stereocenters. The highest BCUT2D eigenvalue weighted by atomic mass is 19.1. The van der Waals surface area contributed by atoms with Gasteiger partial charge in [-0.25, -0.2) is 4.39 Å². The maximum Gasteiger partial charge on any atom is 0.253 e. The Kier molecular flexibility index (Phi) is 5.78. The summed E-state index contributed by atoms with van der Waals surface area (Å²) in [5.74, 6) is -0.473. The Labute approximate surface area is 108 Å². The molecule has 3 nitrogen and oxygen atoms in total. The molecule has 4 heteroatoms. The van der Waals surface area contributed by atoms with Crippen LogP contribution in [0.5, 0.6) is 0 Å². The topological polar surface area (TPSA) is 46.3 Å². The Morgan fingerprint density at radius 3 is 2.67 bits per heavy atom. The van der Waals surface area contributed by atoms with Gasteiger partial charge in [0.15, 0.2) is 0 Å². The zero-order valence-corrected chi connectivity index (χ0v) is 11.1. The van der Waals surface area contributed by atoms with E-state index in [0.29, 0.717) is 24.2 Å². The summed E-state index contributed by atoms with van der Waals surface area (Å²) in [6, 6.07) is 4.59. The molecule has 1 rings (SSSR count). The van der Waals surface area contributed by atoms with Crippen molar-refractivity contribution in [3.63, 3.8) is 0 Å². The summed E-state index contributed by atoms with van der Waals surface area (Å²) in [6.07, 6.45) is 2.91. The van der Waals surface area contributed by atoms with Crippen LogP contribution in [0.4, 0.5) is 4.39 Å². The highest BCUT2D eigenvalue weighted by Crippen LogP contribution is 2.11. The van der Waals surface area contributed by atoms with E-state index >= 15 is 0 Å². The lowest BCUT2D eigenvalue weighted by atomic mass is 10.1. The smallest absolute Gasteiger partial charge is 0.253 e. The first-order chi connectivity index (χ1) is 8.56. The lowest BCUT2D eigenvalue weighted by Gasteiger charge is -2.17. The molecule has 0 saturated heterocycles. The molecule has 0 saturated carbocycles. The Balaban J connectivity index is 2.54. The third-order valence-corrected chi connectivity index (χ3v) is 2.96. The number of nitrogens with two attached hydrogens (primary N) is 1. The highest BCUT2D eigenvalue weighted by molar-refractivity contribution is 5.94. The average molecular weight is 252 g/mol. The fraction of sp³-hybridized carbons (Fsp3) is 0.500. The minimum Gasteiger partial charge on any atom is -0.342 e. The molecule has 18 heavy (non-hydrogen) atoms. The van der Waals surface area contributed by atoms with Crippen LogP contribution in [0.3, 0.4) is 0 Å². The molecular formula is C14H21FN2O. The van der Waals surface area contributed by atoms with E-state index in [2.05, 4.69) is 0 Å². The van der Waals surface area contributed by atoms with Crippen molar-refractivity contribution in [3.8, 4) is 0 Å². The van der Waals surface area contributed by atoms with Gasteiger partial charge in [0.1, 0.15) is 5.82 Å². The van der Waals surface area contributed by atoms with Crippen molar-refractivity contribution < 1.29 is 9.18 Å². The largest absolute Gasteiger partial charge is 0.342 e. The van der Waals surface area contributed by atoms with Gasteiger partial charge in [0.05, 0.1) is 0 Å². The van der Waals surface area contributed by atoms with Crippen molar-refractivity contribution in [3.05, 3.63) is 35.1 Å². The van der Waals surface area contributed by atoms with Crippen LogP contribution < -0.4 is 5.73 Å². The third kappa shape index (κ3) is 4.11. The van der Waals surface area contributed by atoms with Gasteiger partial charge < -0.3 is 10.6 Å². The highest BCUT2D eigenvalue weighted by Gasteiger charge is 2.12. The molecule has 100 valence electrons. The minimum atomic E-state index is -0.336. The van der Waals surface area contributed by atoms with Crippen LogP contribution in [0.15, 0.2) is 18.2 Å². The van der Waals surface area contributed by atoms with E-state index in [1.54, 1.807) is 31.0 Å². The maximum atomic E-state index is 13.4. The second kappa shape index (κ2) is 7.11. The van der Waals surface area contributed by atoms with Crippen molar-refractivity contribution in [2.24, 2.45) is 5.73 Å². The Morgan fingerprint density at radius 1 is 1.33 bits per heavy atom. The first-order valence-electron chi connectivity index (χ1n) is 6.28. The Morgan fingerprint density at radius 2 is 2.06 bits per heavy atom. The van der Waals surface area contributed by atoms with Crippen LogP contribution in [0.25, 0.3) is 0 Å². The van der Waals surface area contributed by atoms with E-state index in [1.807, 2.05) is 0 Å². The molecule has 0 aromatic heterocycles. The lowest BCUT2D eigenvalue weighted by Crippen LogP contribution is -2.27. The zero-order valence-electron chi connectivity index (χ0n) is 11.1. The number of unbranched alkanes of at least 4 members (excludes halogenated alkanes) is 2. The summed E-state index contributed by atoms with van der Waals surface area (Å²) in [4.78, 5) is 13.6. The van der Waals surface area contributed by atoms with E-state index in [4.69, 9.17) is 5.73 Å². The van der Waals surface area contributed by atoms with Gasteiger partial charge in [0.2, 0.25) is 0 Å². The number of halogens is 1. The van der Waals surface area contributed by atoms with Crippen molar-refractivity contribution in [2.75, 3.05) is 20.1 Å². The van der Waals surface area contributed by atoms with Gasteiger partial charge in [-0.3, -0.25) is 4.79 Å². The third-order valence-electron chi connectivity index (χ3n) is 2.96. The van der Waals surface area contributed by atoms with Crippen molar-refractivity contribution in [1.29, 1.82) is 0 Å². The summed E-state index contributed by atoms with van der Waals surface area (Å²) in [7, 11) is 1.74. The van der Waals surface area contributed by atoms with Crippen LogP contribution in [-0.2, 0) is 0 Å². The van der Waals surface area contributed by atoms with Gasteiger partial charge in [-0.1, -0.05) is 12.5 Å². The van der Waals surface area contributed by atoms with E-state index in [9.17, 15) is 9.18 Å². The molecule has 0 aliphatic rings. The lowest BCUT2D eigenvalue weighted by molar-refractivity contribution is 0.0792. The zero-order chi connectivity index (χ0) is 13.5. The predicted octanol–water partition coefficient (Wildman–Crippen LogP) is 2.34. The minimum absolute atomic E-state index is 0.137. The molecule has 0 aliphatic carbocycles. The second-order valence-corrected chi connectivity index (χ2v) is 4.54. The number of aryl methyl sites for hydroxylation is 1. The fourth-order valence-corrected chi connectivity index (χ4v) is 1.72. The first kappa shape index (κ1) is 14.6. The van der Waals surface area contributed by atoms with Crippen molar-refractivity contribution >= 4 is 5.91 Å². The fourth-order valence-electron chi connectivity index (χ4n) is 1.72. The number of hydrogen-bond acceptors (Lipinski definition) is 2. The van der Waals surface area contributed by atoms with Crippen LogP contribution >= 0.6 is 0 Å². The quantitative estimate of drug-likeness (QED) is 0.790. The second-order valence-electron chi connectivity index (χ2n) is 4.54. The van der Waals surface area contributed by atoms with Crippen LogP contribution in [0.1, 0.15) is 35.2 Å². The number of nitrogens with zero attached hydrogens (tertiary/aromatic N) is 1. The molecule has 2 N–H and O–H groups in total. The molecular weight excluding hydrogens is 231 g/mol. The molecule has 0 radical (unpaired) electrons. The van der Waals surface area contributed by atoms with Gasteiger partial charge in [-0.05, 0) is 44.0 Å². The molecule has 0 heterocycles. The predicted molar refractivity (Wildman–Crippen MR) is 71.0 cm³/mol. The van der Waals surface area contributed by atoms with Crippen molar-refractivity contribution in [2.45, 2.75) is 26.2 Å². The van der Waals surface area contributed by atoms with E-state index in [1.165, 1.54) is 6.07 Å². The molecule has 0 fully saturated rings. The molecule has 0 aliphatic heterocycles. The first-order valence-corrected chi connectivity index (χ1v) is 6.28. The normalized spacial score (nSPS) is 10.4. The molecule has 1 aromatic rings. The number of benzene rings is 1. The summed E-state index contributed by atoms with van der Waals surface area (Å²) in [5.41, 5.74) is 6.36. The monoisotopic (exact) mass is 252 g/mol. The number of carbonyl (C=O) groups is 1. The number of rotatable bonds is 6. The maximum absolute atomic E-state index is 13.4. The summed E-state index contributed by atoms with van der Waals surface area (Å²) >= 11 is 0. The molecule has 1 aromatic carbocycles. The van der Waals surface area contributed by atoms with Gasteiger partial charge in [-0.2, -0.15) is 0 Å². The van der Waals surface area contributed by atoms with Gasteiger partial charge in [0, 0.05) is 19.2 Å². The summed E-state index contributed by atoms with van der Waals surface area (Å²) in [5, 5.41) is 0. The van der Waals surface area contributed by atoms with E-state index in [0.717, 1.165) is 19.3 Å². The van der Waals surface area contributed by atoms with Crippen LogP contribution in [0.2, 0.25) is 0 Å². The molecule has 0 spiro atoms. The van der Waals surface area contributed by atoms with E-state index in [-0.39, 0.29) is 11.7 Å². The van der Waals surface area contributed by atoms with Gasteiger partial charge in [0.25, 0.3) is 5.91 Å².